The topological polar surface area (TPSA) is 95.0 Å². The van der Waals surface area contributed by atoms with Gasteiger partial charge in [-0.3, -0.25) is 4.79 Å². The van der Waals surface area contributed by atoms with Crippen LogP contribution in [0, 0.1) is 5.92 Å². The summed E-state index contributed by atoms with van der Waals surface area (Å²) in [7, 11) is -3.68. The van der Waals surface area contributed by atoms with Gasteiger partial charge in [0, 0.05) is 32.1 Å². The summed E-state index contributed by atoms with van der Waals surface area (Å²) >= 11 is 0. The monoisotopic (exact) mass is 352 g/mol. The molecule has 1 saturated heterocycles. The lowest BCUT2D eigenvalue weighted by Gasteiger charge is -2.22. The van der Waals surface area contributed by atoms with E-state index in [1.165, 1.54) is 28.6 Å². The average Bonchev–Trinajstić information content (AvgIpc) is 3.40. The molecule has 0 spiro atoms. The largest absolute Gasteiger partial charge is 0.478 e. The maximum Gasteiger partial charge on any atom is 0.335 e. The van der Waals surface area contributed by atoms with Crippen LogP contribution in [-0.2, 0) is 14.8 Å². The summed E-state index contributed by atoms with van der Waals surface area (Å²) in [5.74, 6) is -0.820. The molecule has 0 unspecified atom stereocenters. The number of carbonyl (C=O) groups is 2. The molecule has 1 saturated carbocycles. The van der Waals surface area contributed by atoms with Crippen LogP contribution in [-0.4, -0.2) is 60.8 Å². The van der Waals surface area contributed by atoms with Crippen LogP contribution in [0.4, 0.5) is 0 Å². The fraction of sp³-hybridized carbons (Fsp3) is 0.500. The summed E-state index contributed by atoms with van der Waals surface area (Å²) < 4.78 is 26.8. The quantitative estimate of drug-likeness (QED) is 0.873. The van der Waals surface area contributed by atoms with Crippen LogP contribution in [0.2, 0.25) is 0 Å². The number of benzene rings is 1. The van der Waals surface area contributed by atoms with Gasteiger partial charge in [0.05, 0.1) is 10.5 Å². The number of hydrogen-bond donors (Lipinski definition) is 1. The van der Waals surface area contributed by atoms with Gasteiger partial charge >= 0.3 is 5.97 Å². The molecule has 0 bridgehead atoms. The molecule has 1 aromatic carbocycles. The molecule has 24 heavy (non-hydrogen) atoms. The van der Waals surface area contributed by atoms with Crippen molar-refractivity contribution in [3.63, 3.8) is 0 Å². The highest BCUT2D eigenvalue weighted by molar-refractivity contribution is 7.89. The Bertz CT molecular complexity index is 740. The van der Waals surface area contributed by atoms with Crippen molar-refractivity contribution in [3.05, 3.63) is 29.8 Å². The Hall–Kier alpha value is -1.93. The van der Waals surface area contributed by atoms with Crippen molar-refractivity contribution in [1.29, 1.82) is 0 Å². The normalized spacial score (nSPS) is 19.8. The molecular formula is C16H20N2O5S. The van der Waals surface area contributed by atoms with E-state index in [4.69, 9.17) is 5.11 Å². The Kier molecular flexibility index (Phi) is 4.60. The van der Waals surface area contributed by atoms with Gasteiger partial charge in [0.15, 0.2) is 0 Å². The smallest absolute Gasteiger partial charge is 0.335 e. The second-order valence-corrected chi connectivity index (χ2v) is 8.12. The first kappa shape index (κ1) is 16.9. The first-order valence-electron chi connectivity index (χ1n) is 8.02. The number of sulfonamides is 1. The highest BCUT2D eigenvalue weighted by atomic mass is 32.2. The number of hydrogen-bond acceptors (Lipinski definition) is 4. The van der Waals surface area contributed by atoms with Crippen molar-refractivity contribution in [1.82, 2.24) is 9.21 Å². The van der Waals surface area contributed by atoms with Gasteiger partial charge in [-0.05, 0) is 43.5 Å². The molecule has 1 aromatic rings. The van der Waals surface area contributed by atoms with Crippen molar-refractivity contribution in [3.8, 4) is 0 Å². The van der Waals surface area contributed by atoms with Gasteiger partial charge in [-0.1, -0.05) is 0 Å². The molecule has 3 rings (SSSR count). The Morgan fingerprint density at radius 1 is 1.00 bits per heavy atom. The van der Waals surface area contributed by atoms with Crippen LogP contribution in [0.25, 0.3) is 0 Å². The van der Waals surface area contributed by atoms with Crippen LogP contribution in [0.1, 0.15) is 29.6 Å². The van der Waals surface area contributed by atoms with Crippen molar-refractivity contribution < 1.29 is 23.1 Å². The lowest BCUT2D eigenvalue weighted by Crippen LogP contribution is -2.37. The Morgan fingerprint density at radius 2 is 1.67 bits per heavy atom. The fourth-order valence-corrected chi connectivity index (χ4v) is 4.33. The molecule has 0 aromatic heterocycles. The van der Waals surface area contributed by atoms with Gasteiger partial charge in [0.25, 0.3) is 0 Å². The summed E-state index contributed by atoms with van der Waals surface area (Å²) in [6, 6.07) is 5.21. The zero-order valence-electron chi connectivity index (χ0n) is 13.2. The van der Waals surface area contributed by atoms with E-state index < -0.39 is 16.0 Å². The maximum atomic E-state index is 12.7. The molecule has 8 heteroatoms. The molecule has 2 fully saturated rings. The first-order chi connectivity index (χ1) is 11.4. The SMILES string of the molecule is O=C(O)c1ccc(S(=O)(=O)N2CCCN(C(=O)C3CC3)CC2)cc1. The lowest BCUT2D eigenvalue weighted by atomic mass is 10.2. The average molecular weight is 352 g/mol. The number of rotatable bonds is 4. The van der Waals surface area contributed by atoms with Crippen molar-refractivity contribution in [2.24, 2.45) is 5.92 Å². The summed E-state index contributed by atoms with van der Waals surface area (Å²) in [4.78, 5) is 24.9. The minimum Gasteiger partial charge on any atom is -0.478 e. The van der Waals surface area contributed by atoms with E-state index >= 15 is 0 Å². The maximum absolute atomic E-state index is 12.7. The van der Waals surface area contributed by atoms with Crippen molar-refractivity contribution in [2.75, 3.05) is 26.2 Å². The highest BCUT2D eigenvalue weighted by Gasteiger charge is 2.35. The number of nitrogens with zero attached hydrogens (tertiary/aromatic N) is 2. The van der Waals surface area contributed by atoms with Crippen LogP contribution in [0.3, 0.4) is 0 Å². The van der Waals surface area contributed by atoms with E-state index in [0.29, 0.717) is 26.1 Å². The van der Waals surface area contributed by atoms with Gasteiger partial charge in [0.2, 0.25) is 15.9 Å². The highest BCUT2D eigenvalue weighted by Crippen LogP contribution is 2.31. The third-order valence-corrected chi connectivity index (χ3v) is 6.35. The third kappa shape index (κ3) is 3.44. The summed E-state index contributed by atoms with van der Waals surface area (Å²) in [5.41, 5.74) is 0.0472. The minimum absolute atomic E-state index is 0.0472. The summed E-state index contributed by atoms with van der Waals surface area (Å²) in [6.45, 7) is 1.61. The standard InChI is InChI=1S/C16H20N2O5S/c19-15(12-2-3-12)17-8-1-9-18(11-10-17)24(22,23)14-6-4-13(5-7-14)16(20)21/h4-7,12H,1-3,8-11H2,(H,20,21). The van der Waals surface area contributed by atoms with E-state index in [1.807, 2.05) is 0 Å². The van der Waals surface area contributed by atoms with E-state index in [-0.39, 0.29) is 28.8 Å². The molecular weight excluding hydrogens is 332 g/mol. The van der Waals surface area contributed by atoms with Gasteiger partial charge in [0.1, 0.15) is 0 Å². The Morgan fingerprint density at radius 3 is 2.25 bits per heavy atom. The molecule has 0 atom stereocenters. The number of aromatic carboxylic acids is 1. The molecule has 0 radical (unpaired) electrons. The Labute approximate surface area is 140 Å². The van der Waals surface area contributed by atoms with E-state index in [2.05, 4.69) is 0 Å². The molecule has 1 N–H and O–H groups in total. The molecule has 130 valence electrons. The zero-order chi connectivity index (χ0) is 17.3. The number of carboxylic acids is 1. The fourth-order valence-electron chi connectivity index (χ4n) is 2.86. The summed E-state index contributed by atoms with van der Waals surface area (Å²) in [6.07, 6.45) is 2.48. The van der Waals surface area contributed by atoms with Crippen LogP contribution in [0.5, 0.6) is 0 Å². The van der Waals surface area contributed by atoms with Crippen LogP contribution in [0.15, 0.2) is 29.2 Å². The number of amides is 1. The second-order valence-electron chi connectivity index (χ2n) is 6.19. The van der Waals surface area contributed by atoms with Gasteiger partial charge in [-0.2, -0.15) is 4.31 Å². The molecule has 1 aliphatic heterocycles. The second kappa shape index (κ2) is 6.52. The van der Waals surface area contributed by atoms with Gasteiger partial charge in [-0.25, -0.2) is 13.2 Å². The summed E-state index contributed by atoms with van der Waals surface area (Å²) in [5, 5.41) is 8.90. The lowest BCUT2D eigenvalue weighted by molar-refractivity contribution is -0.132. The molecule has 1 aliphatic carbocycles. The number of carbonyl (C=O) groups excluding carboxylic acids is 1. The molecule has 1 amide bonds. The minimum atomic E-state index is -3.68. The van der Waals surface area contributed by atoms with Gasteiger partial charge in [-0.15, -0.1) is 0 Å². The van der Waals surface area contributed by atoms with Crippen molar-refractivity contribution in [2.45, 2.75) is 24.2 Å². The Balaban J connectivity index is 1.72. The van der Waals surface area contributed by atoms with Crippen molar-refractivity contribution >= 4 is 21.9 Å². The van der Waals surface area contributed by atoms with Crippen LogP contribution < -0.4 is 0 Å². The predicted molar refractivity (Wildman–Crippen MR) is 86.1 cm³/mol. The molecule has 7 nitrogen and oxygen atoms in total. The van der Waals surface area contributed by atoms with E-state index in [0.717, 1.165) is 12.8 Å². The van der Waals surface area contributed by atoms with Crippen LogP contribution >= 0.6 is 0 Å². The van der Waals surface area contributed by atoms with E-state index in [1.54, 1.807) is 4.90 Å². The third-order valence-electron chi connectivity index (χ3n) is 4.43. The van der Waals surface area contributed by atoms with Gasteiger partial charge < -0.3 is 10.0 Å². The molecule has 1 heterocycles. The molecule has 2 aliphatic rings. The number of carboxylic acid groups (broad SMARTS) is 1. The predicted octanol–water partition coefficient (Wildman–Crippen LogP) is 1.02. The first-order valence-corrected chi connectivity index (χ1v) is 9.46. The van der Waals surface area contributed by atoms with E-state index in [9.17, 15) is 18.0 Å². The zero-order valence-corrected chi connectivity index (χ0v) is 14.0.